The second kappa shape index (κ2) is 12.3. The second-order valence-electron chi connectivity index (χ2n) is 6.68. The van der Waals surface area contributed by atoms with Gasteiger partial charge in [0, 0.05) is 18.7 Å². The van der Waals surface area contributed by atoms with Gasteiger partial charge in [-0.1, -0.05) is 18.2 Å². The third kappa shape index (κ3) is 8.40. The zero-order chi connectivity index (χ0) is 21.8. The highest BCUT2D eigenvalue weighted by Crippen LogP contribution is 2.15. The molecule has 8 heteroatoms. The zero-order valence-corrected chi connectivity index (χ0v) is 17.1. The van der Waals surface area contributed by atoms with E-state index < -0.39 is 11.8 Å². The molecule has 0 atom stereocenters. The maximum atomic E-state index is 13.6. The molecule has 2 aromatic rings. The Morgan fingerprint density at radius 1 is 1.10 bits per heavy atom. The van der Waals surface area contributed by atoms with Gasteiger partial charge < -0.3 is 14.8 Å². The number of rotatable bonds is 10. The minimum absolute atomic E-state index is 0.120. The van der Waals surface area contributed by atoms with Crippen LogP contribution in [0.25, 0.3) is 0 Å². The van der Waals surface area contributed by atoms with Crippen molar-refractivity contribution in [1.29, 1.82) is 0 Å². The average molecular weight is 415 g/mol. The number of ether oxygens (including phenoxy) is 2. The molecule has 2 N–H and O–H groups in total. The van der Waals surface area contributed by atoms with Crippen LogP contribution >= 0.6 is 0 Å². The van der Waals surface area contributed by atoms with E-state index in [1.807, 2.05) is 13.8 Å². The highest BCUT2D eigenvalue weighted by atomic mass is 19.1. The molecule has 0 bridgehead atoms. The third-order valence-corrected chi connectivity index (χ3v) is 3.88. The van der Waals surface area contributed by atoms with Crippen LogP contribution in [0.3, 0.4) is 0 Å². The summed E-state index contributed by atoms with van der Waals surface area (Å²) in [5.74, 6) is -1.35. The number of carbonyl (C=O) groups excluding carboxylic acids is 2. The van der Waals surface area contributed by atoms with Crippen LogP contribution in [0, 0.1) is 5.82 Å². The summed E-state index contributed by atoms with van der Waals surface area (Å²) in [6.07, 6.45) is 2.15. The molecule has 7 nitrogen and oxygen atoms in total. The Labute approximate surface area is 175 Å². The number of nitrogens with zero attached hydrogens (tertiary/aromatic N) is 1. The van der Waals surface area contributed by atoms with Crippen LogP contribution in [0.2, 0.25) is 0 Å². The van der Waals surface area contributed by atoms with Crippen molar-refractivity contribution in [3.63, 3.8) is 0 Å². The second-order valence-corrected chi connectivity index (χ2v) is 6.68. The van der Waals surface area contributed by atoms with Gasteiger partial charge in [0.1, 0.15) is 18.2 Å². The van der Waals surface area contributed by atoms with Gasteiger partial charge in [-0.3, -0.25) is 9.59 Å². The summed E-state index contributed by atoms with van der Waals surface area (Å²) >= 11 is 0. The van der Waals surface area contributed by atoms with Gasteiger partial charge in [-0.2, -0.15) is 5.10 Å². The number of hydrazone groups is 1. The van der Waals surface area contributed by atoms with Crippen LogP contribution in [-0.2, 0) is 20.9 Å². The van der Waals surface area contributed by atoms with Crippen molar-refractivity contribution in [3.8, 4) is 5.75 Å². The molecule has 160 valence electrons. The normalized spacial score (nSPS) is 10.9. The Balaban J connectivity index is 1.71. The molecule has 2 amide bonds. The molecule has 2 rings (SSSR count). The maximum absolute atomic E-state index is 13.6. The highest BCUT2D eigenvalue weighted by Gasteiger charge is 2.11. The monoisotopic (exact) mass is 415 g/mol. The minimum Gasteiger partial charge on any atom is -0.489 e. The number of benzene rings is 2. The van der Waals surface area contributed by atoms with E-state index in [0.29, 0.717) is 36.4 Å². The van der Waals surface area contributed by atoms with Gasteiger partial charge in [-0.15, -0.1) is 0 Å². The first-order valence-corrected chi connectivity index (χ1v) is 9.65. The third-order valence-electron chi connectivity index (χ3n) is 3.88. The van der Waals surface area contributed by atoms with Crippen molar-refractivity contribution in [1.82, 2.24) is 10.7 Å². The largest absolute Gasteiger partial charge is 0.489 e. The minimum atomic E-state index is -0.846. The molecule has 0 aliphatic heterocycles. The number of hydrogen-bond donors (Lipinski definition) is 2. The number of hydrogen-bond acceptors (Lipinski definition) is 5. The van der Waals surface area contributed by atoms with E-state index in [1.165, 1.54) is 12.3 Å². The summed E-state index contributed by atoms with van der Waals surface area (Å²) in [7, 11) is 0. The predicted octanol–water partition coefficient (Wildman–Crippen LogP) is 2.79. The molecule has 30 heavy (non-hydrogen) atoms. The van der Waals surface area contributed by atoms with Crippen LogP contribution in [0.15, 0.2) is 53.6 Å². The van der Waals surface area contributed by atoms with Gasteiger partial charge in [0.2, 0.25) is 0 Å². The molecular weight excluding hydrogens is 389 g/mol. The Morgan fingerprint density at radius 3 is 2.53 bits per heavy atom. The van der Waals surface area contributed by atoms with Gasteiger partial charge in [0.05, 0.1) is 12.3 Å². The summed E-state index contributed by atoms with van der Waals surface area (Å²) in [6.45, 7) is 4.83. The molecule has 0 spiro atoms. The topological polar surface area (TPSA) is 89.0 Å². The SMILES string of the molecule is CC(C)OCCCNC(=O)C(=O)N/N=C\c1ccc(OCc2ccccc2F)cc1. The van der Waals surface area contributed by atoms with Gasteiger partial charge in [-0.05, 0) is 56.2 Å². The molecule has 0 unspecified atom stereocenters. The summed E-state index contributed by atoms with van der Waals surface area (Å²) in [4.78, 5) is 23.3. The predicted molar refractivity (Wildman–Crippen MR) is 112 cm³/mol. The first-order chi connectivity index (χ1) is 14.5. The standard InChI is InChI=1S/C22H26FN3O4/c1-16(2)29-13-5-12-24-21(27)22(28)26-25-14-17-8-10-19(11-9-17)30-15-18-6-3-4-7-20(18)23/h3-4,6-11,14,16H,5,12-13,15H2,1-2H3,(H,24,27)(H,26,28)/b25-14-. The van der Waals surface area contributed by atoms with Gasteiger partial charge in [0.15, 0.2) is 0 Å². The molecule has 0 aliphatic rings. The van der Waals surface area contributed by atoms with Crippen molar-refractivity contribution in [2.75, 3.05) is 13.2 Å². The van der Waals surface area contributed by atoms with Crippen LogP contribution in [0.4, 0.5) is 4.39 Å². The van der Waals surface area contributed by atoms with Crippen LogP contribution in [0.5, 0.6) is 5.75 Å². The van der Waals surface area contributed by atoms with Crippen molar-refractivity contribution >= 4 is 18.0 Å². The molecule has 0 fully saturated rings. The first-order valence-electron chi connectivity index (χ1n) is 9.65. The zero-order valence-electron chi connectivity index (χ0n) is 17.1. The quantitative estimate of drug-likeness (QED) is 0.270. The lowest BCUT2D eigenvalue weighted by Crippen LogP contribution is -2.38. The van der Waals surface area contributed by atoms with E-state index >= 15 is 0 Å². The summed E-state index contributed by atoms with van der Waals surface area (Å²) in [6, 6.07) is 13.3. The number of halogens is 1. The molecule has 0 saturated heterocycles. The Kier molecular flexibility index (Phi) is 9.47. The first kappa shape index (κ1) is 23.0. The maximum Gasteiger partial charge on any atom is 0.329 e. The van der Waals surface area contributed by atoms with Crippen LogP contribution in [0.1, 0.15) is 31.4 Å². The van der Waals surface area contributed by atoms with E-state index in [0.717, 1.165) is 0 Å². The molecule has 0 radical (unpaired) electrons. The lowest BCUT2D eigenvalue weighted by molar-refractivity contribution is -0.139. The van der Waals surface area contributed by atoms with E-state index in [1.54, 1.807) is 42.5 Å². The summed E-state index contributed by atoms with van der Waals surface area (Å²) in [5, 5.41) is 6.26. The molecule has 2 aromatic carbocycles. The fourth-order valence-electron chi connectivity index (χ4n) is 2.32. The molecule has 0 saturated carbocycles. The molecular formula is C22H26FN3O4. The Morgan fingerprint density at radius 2 is 1.83 bits per heavy atom. The lowest BCUT2D eigenvalue weighted by atomic mass is 10.2. The van der Waals surface area contributed by atoms with E-state index in [2.05, 4.69) is 15.8 Å². The Bertz CT molecular complexity index is 854. The van der Waals surface area contributed by atoms with Gasteiger partial charge in [-0.25, -0.2) is 9.82 Å². The van der Waals surface area contributed by atoms with Crippen molar-refractivity contribution < 1.29 is 23.5 Å². The van der Waals surface area contributed by atoms with Gasteiger partial charge in [0.25, 0.3) is 0 Å². The average Bonchev–Trinajstić information content (AvgIpc) is 2.73. The smallest absolute Gasteiger partial charge is 0.329 e. The van der Waals surface area contributed by atoms with Gasteiger partial charge >= 0.3 is 11.8 Å². The molecule has 0 heterocycles. The summed E-state index contributed by atoms with van der Waals surface area (Å²) in [5.41, 5.74) is 3.34. The van der Waals surface area contributed by atoms with Crippen molar-refractivity contribution in [2.24, 2.45) is 5.10 Å². The van der Waals surface area contributed by atoms with Crippen molar-refractivity contribution in [3.05, 3.63) is 65.5 Å². The van der Waals surface area contributed by atoms with Crippen LogP contribution in [-0.4, -0.2) is 37.3 Å². The highest BCUT2D eigenvalue weighted by molar-refractivity contribution is 6.35. The number of amides is 2. The number of carbonyl (C=O) groups is 2. The lowest BCUT2D eigenvalue weighted by Gasteiger charge is -2.07. The van der Waals surface area contributed by atoms with E-state index in [-0.39, 0.29) is 18.5 Å². The van der Waals surface area contributed by atoms with Crippen LogP contribution < -0.4 is 15.5 Å². The molecule has 0 aliphatic carbocycles. The number of nitrogens with one attached hydrogen (secondary N) is 2. The molecule has 0 aromatic heterocycles. The van der Waals surface area contributed by atoms with Crippen molar-refractivity contribution in [2.45, 2.75) is 33.0 Å². The van der Waals surface area contributed by atoms with E-state index in [9.17, 15) is 14.0 Å². The fraction of sp³-hybridized carbons (Fsp3) is 0.318. The van der Waals surface area contributed by atoms with E-state index in [4.69, 9.17) is 9.47 Å². The fourth-order valence-corrected chi connectivity index (χ4v) is 2.32. The summed E-state index contributed by atoms with van der Waals surface area (Å²) < 4.78 is 24.5. The Hall–Kier alpha value is -3.26.